The van der Waals surface area contributed by atoms with Crippen molar-refractivity contribution in [3.8, 4) is 0 Å². The van der Waals surface area contributed by atoms with Gasteiger partial charge in [-0.2, -0.15) is 0 Å². The molecule has 2 fully saturated rings. The number of nitrogens with zero attached hydrogens (tertiary/aromatic N) is 1. The quantitative estimate of drug-likeness (QED) is 0.781. The Hall–Kier alpha value is -0.160. The van der Waals surface area contributed by atoms with Gasteiger partial charge in [-0.25, -0.2) is 0 Å². The summed E-state index contributed by atoms with van der Waals surface area (Å²) in [5.41, 5.74) is -0.777. The first-order chi connectivity index (χ1) is 9.28. The van der Waals surface area contributed by atoms with E-state index in [1.165, 1.54) is 19.3 Å². The largest absolute Gasteiger partial charge is 0.396 e. The first-order valence-corrected chi connectivity index (χ1v) is 8.01. The maximum Gasteiger partial charge on any atom is 0.0896 e. The minimum Gasteiger partial charge on any atom is -0.396 e. The Kier molecular flexibility index (Phi) is 4.80. The number of hydrogen-bond acceptors (Lipinski definition) is 4. The van der Waals surface area contributed by atoms with Crippen LogP contribution in [0, 0.1) is 5.92 Å². The summed E-state index contributed by atoms with van der Waals surface area (Å²) in [6.07, 6.45) is 4.18. The van der Waals surface area contributed by atoms with Crippen LogP contribution in [0.3, 0.4) is 0 Å². The van der Waals surface area contributed by atoms with E-state index >= 15 is 0 Å². The summed E-state index contributed by atoms with van der Waals surface area (Å²) in [6.45, 7) is 10.1. The van der Waals surface area contributed by atoms with Gasteiger partial charge in [0.25, 0.3) is 0 Å². The fraction of sp³-hybridized carbons (Fsp3) is 1.00. The number of ether oxygens (including phenoxy) is 1. The average Bonchev–Trinajstić information content (AvgIpc) is 2.41. The van der Waals surface area contributed by atoms with E-state index in [9.17, 15) is 5.11 Å². The normalized spacial score (nSPS) is 32.5. The van der Waals surface area contributed by atoms with Crippen LogP contribution in [0.15, 0.2) is 0 Å². The summed E-state index contributed by atoms with van der Waals surface area (Å²) >= 11 is 0. The van der Waals surface area contributed by atoms with Crippen molar-refractivity contribution in [2.24, 2.45) is 5.92 Å². The summed E-state index contributed by atoms with van der Waals surface area (Å²) in [4.78, 5) is 2.46. The van der Waals surface area contributed by atoms with Crippen LogP contribution >= 0.6 is 0 Å². The second-order valence-electron chi connectivity index (χ2n) is 7.52. The lowest BCUT2D eigenvalue weighted by Gasteiger charge is -2.41. The van der Waals surface area contributed by atoms with Crippen LogP contribution in [0.1, 0.15) is 53.4 Å². The van der Waals surface area contributed by atoms with Gasteiger partial charge >= 0.3 is 0 Å². The van der Waals surface area contributed by atoms with Crippen molar-refractivity contribution < 1.29 is 14.9 Å². The molecule has 20 heavy (non-hydrogen) atoms. The zero-order chi connectivity index (χ0) is 15.0. The fourth-order valence-electron chi connectivity index (χ4n) is 3.70. The Morgan fingerprint density at radius 3 is 2.20 bits per heavy atom. The van der Waals surface area contributed by atoms with E-state index in [-0.39, 0.29) is 18.1 Å². The molecule has 0 aromatic rings. The maximum atomic E-state index is 10.6. The lowest BCUT2D eigenvalue weighted by Crippen LogP contribution is -2.49. The van der Waals surface area contributed by atoms with Gasteiger partial charge < -0.3 is 14.9 Å². The first-order valence-electron chi connectivity index (χ1n) is 8.01. The van der Waals surface area contributed by atoms with Gasteiger partial charge in [-0.05, 0) is 47.0 Å². The minimum atomic E-state index is -0.476. The highest BCUT2D eigenvalue weighted by atomic mass is 16.5. The number of aliphatic hydroxyl groups is 2. The van der Waals surface area contributed by atoms with Crippen LogP contribution < -0.4 is 0 Å². The number of hydrogen-bond donors (Lipinski definition) is 2. The molecular weight excluding hydrogens is 254 g/mol. The van der Waals surface area contributed by atoms with Crippen LogP contribution in [0.5, 0.6) is 0 Å². The van der Waals surface area contributed by atoms with Gasteiger partial charge in [0.1, 0.15) is 0 Å². The van der Waals surface area contributed by atoms with Crippen molar-refractivity contribution in [3.05, 3.63) is 0 Å². The highest BCUT2D eigenvalue weighted by Gasteiger charge is 2.53. The van der Waals surface area contributed by atoms with E-state index in [0.29, 0.717) is 6.04 Å². The lowest BCUT2D eigenvalue weighted by molar-refractivity contribution is -0.0917. The highest BCUT2D eigenvalue weighted by molar-refractivity contribution is 5.03. The molecule has 4 heteroatoms. The van der Waals surface area contributed by atoms with E-state index in [2.05, 4.69) is 18.7 Å². The monoisotopic (exact) mass is 285 g/mol. The third-order valence-electron chi connectivity index (χ3n) is 5.14. The molecule has 2 atom stereocenters. The second kappa shape index (κ2) is 5.91. The van der Waals surface area contributed by atoms with Crippen LogP contribution in [-0.2, 0) is 4.74 Å². The lowest BCUT2D eigenvalue weighted by atomic mass is 9.82. The standard InChI is InChI=1S/C16H31NO3/c1-15(2)13(14(19)16(3,4)20-15)11-17(9-6-10-18)12-7-5-8-12/h12-14,18-19H,5-11H2,1-4H3. The van der Waals surface area contributed by atoms with Crippen molar-refractivity contribution in [1.82, 2.24) is 4.90 Å². The van der Waals surface area contributed by atoms with E-state index in [0.717, 1.165) is 19.5 Å². The van der Waals surface area contributed by atoms with Crippen LogP contribution in [-0.4, -0.2) is 58.2 Å². The summed E-state index contributed by atoms with van der Waals surface area (Å²) in [6, 6.07) is 0.633. The SMILES string of the molecule is CC1(C)OC(C)(C)C(CN(CCCO)C2CCC2)C1O. The molecule has 2 rings (SSSR count). The Morgan fingerprint density at radius 1 is 1.15 bits per heavy atom. The summed E-state index contributed by atoms with van der Waals surface area (Å²) in [5.74, 6) is 0.122. The van der Waals surface area contributed by atoms with E-state index < -0.39 is 11.7 Å². The summed E-state index contributed by atoms with van der Waals surface area (Å²) in [5, 5.41) is 19.7. The van der Waals surface area contributed by atoms with Gasteiger partial charge in [-0.15, -0.1) is 0 Å². The zero-order valence-electron chi connectivity index (χ0n) is 13.4. The van der Waals surface area contributed by atoms with Crippen molar-refractivity contribution in [3.63, 3.8) is 0 Å². The molecule has 2 aliphatic rings. The Balaban J connectivity index is 2.04. The summed E-state index contributed by atoms with van der Waals surface area (Å²) < 4.78 is 6.07. The molecule has 0 spiro atoms. The molecule has 4 nitrogen and oxygen atoms in total. The molecule has 2 unspecified atom stereocenters. The molecule has 2 N–H and O–H groups in total. The van der Waals surface area contributed by atoms with Crippen molar-refractivity contribution in [1.29, 1.82) is 0 Å². The third-order valence-corrected chi connectivity index (χ3v) is 5.14. The molecule has 1 aliphatic carbocycles. The van der Waals surface area contributed by atoms with Gasteiger partial charge in [0.05, 0.1) is 17.3 Å². The molecule has 0 bridgehead atoms. The molecule has 0 amide bonds. The van der Waals surface area contributed by atoms with Gasteiger partial charge in [0.2, 0.25) is 0 Å². The van der Waals surface area contributed by atoms with Crippen molar-refractivity contribution >= 4 is 0 Å². The number of rotatable bonds is 6. The molecule has 118 valence electrons. The Labute approximate surface area is 123 Å². The van der Waals surface area contributed by atoms with E-state index in [4.69, 9.17) is 9.84 Å². The highest BCUT2D eigenvalue weighted by Crippen LogP contribution is 2.43. The number of aliphatic hydroxyl groups excluding tert-OH is 2. The van der Waals surface area contributed by atoms with Gasteiger partial charge in [0.15, 0.2) is 0 Å². The van der Waals surface area contributed by atoms with Gasteiger partial charge in [0, 0.05) is 31.7 Å². The Morgan fingerprint density at radius 2 is 1.80 bits per heavy atom. The van der Waals surface area contributed by atoms with Gasteiger partial charge in [-0.1, -0.05) is 6.42 Å². The summed E-state index contributed by atoms with van der Waals surface area (Å²) in [7, 11) is 0. The zero-order valence-corrected chi connectivity index (χ0v) is 13.4. The van der Waals surface area contributed by atoms with E-state index in [1.807, 2.05) is 13.8 Å². The molecule has 0 radical (unpaired) electrons. The van der Waals surface area contributed by atoms with E-state index in [1.54, 1.807) is 0 Å². The van der Waals surface area contributed by atoms with Crippen LogP contribution in [0.2, 0.25) is 0 Å². The molecular formula is C16H31NO3. The molecule has 1 aliphatic heterocycles. The predicted molar refractivity (Wildman–Crippen MR) is 79.7 cm³/mol. The van der Waals surface area contributed by atoms with Gasteiger partial charge in [-0.3, -0.25) is 4.90 Å². The topological polar surface area (TPSA) is 52.9 Å². The van der Waals surface area contributed by atoms with Crippen LogP contribution in [0.25, 0.3) is 0 Å². The van der Waals surface area contributed by atoms with Crippen molar-refractivity contribution in [2.45, 2.75) is 76.7 Å². The first kappa shape index (κ1) is 16.2. The minimum absolute atomic E-state index is 0.122. The third kappa shape index (κ3) is 3.19. The molecule has 0 aromatic carbocycles. The maximum absolute atomic E-state index is 10.6. The molecule has 1 heterocycles. The fourth-order valence-corrected chi connectivity index (χ4v) is 3.70. The Bertz CT molecular complexity index is 326. The predicted octanol–water partition coefficient (Wildman–Crippen LogP) is 1.79. The molecule has 1 saturated heterocycles. The van der Waals surface area contributed by atoms with Crippen molar-refractivity contribution in [2.75, 3.05) is 19.7 Å². The molecule has 1 saturated carbocycles. The van der Waals surface area contributed by atoms with Crippen LogP contribution in [0.4, 0.5) is 0 Å². The second-order valence-corrected chi connectivity index (χ2v) is 7.52. The average molecular weight is 285 g/mol. The smallest absolute Gasteiger partial charge is 0.0896 e. The molecule has 0 aromatic heterocycles.